The van der Waals surface area contributed by atoms with E-state index < -0.39 is 23.8 Å². The Morgan fingerprint density at radius 2 is 1.95 bits per heavy atom. The summed E-state index contributed by atoms with van der Waals surface area (Å²) in [5.74, 6) is -2.36. The van der Waals surface area contributed by atoms with Crippen LogP contribution in [0.4, 0.5) is 0 Å². The van der Waals surface area contributed by atoms with Crippen molar-refractivity contribution in [3.63, 3.8) is 0 Å². The topological polar surface area (TPSA) is 118 Å². The number of nitrogens with two attached hydrogens (primary N) is 1. The van der Waals surface area contributed by atoms with Crippen LogP contribution in [0.1, 0.15) is 33.6 Å². The lowest BCUT2D eigenvalue weighted by Gasteiger charge is -2.22. The predicted octanol–water partition coefficient (Wildman–Crippen LogP) is -0.179. The van der Waals surface area contributed by atoms with Crippen molar-refractivity contribution >= 4 is 24.0 Å². The van der Waals surface area contributed by atoms with Gasteiger partial charge in [-0.3, -0.25) is 19.3 Å². The Kier molecular flexibility index (Phi) is 3.51. The molecule has 1 heterocycles. The second-order valence-electron chi connectivity index (χ2n) is 4.37. The average molecular weight is 276 g/mol. The normalized spacial score (nSPS) is 15.1. The van der Waals surface area contributed by atoms with E-state index in [1.54, 1.807) is 0 Å². The predicted molar refractivity (Wildman–Crippen MR) is 66.9 cm³/mol. The Morgan fingerprint density at radius 3 is 2.55 bits per heavy atom. The van der Waals surface area contributed by atoms with E-state index in [0.29, 0.717) is 6.29 Å². The molecule has 0 bridgehead atoms. The number of phenolic OH excluding ortho intramolecular Hbond substituents is 1. The van der Waals surface area contributed by atoms with Crippen LogP contribution in [0.3, 0.4) is 0 Å². The summed E-state index contributed by atoms with van der Waals surface area (Å²) >= 11 is 0. The van der Waals surface area contributed by atoms with E-state index >= 15 is 0 Å². The van der Waals surface area contributed by atoms with Crippen molar-refractivity contribution in [2.24, 2.45) is 5.73 Å². The van der Waals surface area contributed by atoms with Gasteiger partial charge >= 0.3 is 0 Å². The number of phenols is 1. The third kappa shape index (κ3) is 2.13. The van der Waals surface area contributed by atoms with Crippen LogP contribution in [0.2, 0.25) is 0 Å². The molecule has 20 heavy (non-hydrogen) atoms. The molecule has 0 radical (unpaired) electrons. The Morgan fingerprint density at radius 1 is 1.30 bits per heavy atom. The molecule has 0 aliphatic carbocycles. The zero-order valence-corrected chi connectivity index (χ0v) is 10.4. The molecule has 1 atom stereocenters. The Labute approximate surface area is 114 Å². The molecule has 104 valence electrons. The van der Waals surface area contributed by atoms with Gasteiger partial charge in [-0.15, -0.1) is 0 Å². The summed E-state index contributed by atoms with van der Waals surface area (Å²) in [6.07, 6.45) is 0.572. The van der Waals surface area contributed by atoms with Crippen molar-refractivity contribution in [2.75, 3.05) is 0 Å². The van der Waals surface area contributed by atoms with Gasteiger partial charge in [0, 0.05) is 6.42 Å². The molecule has 7 heteroatoms. The van der Waals surface area contributed by atoms with Crippen LogP contribution < -0.4 is 5.73 Å². The van der Waals surface area contributed by atoms with Gasteiger partial charge in [0.25, 0.3) is 11.8 Å². The number of rotatable bonds is 5. The lowest BCUT2D eigenvalue weighted by molar-refractivity contribution is -0.122. The minimum absolute atomic E-state index is 0.00621. The first-order valence-corrected chi connectivity index (χ1v) is 5.91. The Hall–Kier alpha value is -2.70. The van der Waals surface area contributed by atoms with E-state index in [1.807, 2.05) is 0 Å². The van der Waals surface area contributed by atoms with Gasteiger partial charge in [0.15, 0.2) is 0 Å². The fourth-order valence-corrected chi connectivity index (χ4v) is 2.16. The number of benzene rings is 1. The highest BCUT2D eigenvalue weighted by Gasteiger charge is 2.41. The van der Waals surface area contributed by atoms with Gasteiger partial charge in [-0.05, 0) is 24.6 Å². The van der Waals surface area contributed by atoms with Gasteiger partial charge in [-0.1, -0.05) is 0 Å². The second-order valence-corrected chi connectivity index (χ2v) is 4.37. The highest BCUT2D eigenvalue weighted by Crippen LogP contribution is 2.28. The van der Waals surface area contributed by atoms with Gasteiger partial charge in [0.05, 0.1) is 11.1 Å². The van der Waals surface area contributed by atoms with Crippen molar-refractivity contribution in [3.8, 4) is 5.75 Å². The molecule has 0 fully saturated rings. The van der Waals surface area contributed by atoms with E-state index in [4.69, 9.17) is 5.73 Å². The van der Waals surface area contributed by atoms with E-state index in [9.17, 15) is 24.3 Å². The molecule has 1 aliphatic rings. The minimum atomic E-state index is -1.17. The smallest absolute Gasteiger partial charge is 0.262 e. The van der Waals surface area contributed by atoms with Crippen LogP contribution in [0, 0.1) is 0 Å². The summed E-state index contributed by atoms with van der Waals surface area (Å²) < 4.78 is 0. The van der Waals surface area contributed by atoms with E-state index in [-0.39, 0.29) is 29.7 Å². The van der Waals surface area contributed by atoms with Gasteiger partial charge in [0.2, 0.25) is 5.91 Å². The monoisotopic (exact) mass is 276 g/mol. The summed E-state index contributed by atoms with van der Waals surface area (Å²) in [7, 11) is 0. The molecule has 1 aromatic rings. The first-order chi connectivity index (χ1) is 9.47. The van der Waals surface area contributed by atoms with Crippen molar-refractivity contribution in [3.05, 3.63) is 29.3 Å². The summed E-state index contributed by atoms with van der Waals surface area (Å²) in [5, 5.41) is 9.36. The van der Waals surface area contributed by atoms with Crippen LogP contribution in [-0.4, -0.2) is 40.1 Å². The zero-order chi connectivity index (χ0) is 14.9. The number of imide groups is 1. The van der Waals surface area contributed by atoms with Gasteiger partial charge < -0.3 is 15.6 Å². The summed E-state index contributed by atoms with van der Waals surface area (Å²) in [4.78, 5) is 46.9. The highest BCUT2D eigenvalue weighted by molar-refractivity contribution is 6.23. The van der Waals surface area contributed by atoms with Crippen molar-refractivity contribution < 1.29 is 24.3 Å². The molecular formula is C13H12N2O5. The molecule has 0 saturated carbocycles. The fraction of sp³-hybridized carbons (Fsp3) is 0.231. The molecule has 1 aliphatic heterocycles. The fourth-order valence-electron chi connectivity index (χ4n) is 2.16. The van der Waals surface area contributed by atoms with E-state index in [1.165, 1.54) is 12.1 Å². The third-order valence-corrected chi connectivity index (χ3v) is 3.10. The molecule has 7 nitrogen and oxygen atoms in total. The molecule has 0 aromatic heterocycles. The van der Waals surface area contributed by atoms with Crippen molar-refractivity contribution in [1.29, 1.82) is 0 Å². The minimum Gasteiger partial charge on any atom is -0.508 e. The lowest BCUT2D eigenvalue weighted by Crippen LogP contribution is -2.47. The first-order valence-electron chi connectivity index (χ1n) is 5.91. The molecule has 0 spiro atoms. The number of carbonyl (C=O) groups excluding carboxylic acids is 4. The van der Waals surface area contributed by atoms with Crippen LogP contribution in [-0.2, 0) is 9.59 Å². The Bertz CT molecular complexity index is 611. The molecule has 3 N–H and O–H groups in total. The maximum atomic E-state index is 12.2. The molecule has 2 rings (SSSR count). The largest absolute Gasteiger partial charge is 0.508 e. The summed E-state index contributed by atoms with van der Waals surface area (Å²) in [5.41, 5.74) is 5.32. The maximum Gasteiger partial charge on any atom is 0.262 e. The number of aldehydes is 1. The van der Waals surface area contributed by atoms with Crippen LogP contribution in [0.5, 0.6) is 5.75 Å². The second kappa shape index (κ2) is 5.12. The number of amides is 3. The van der Waals surface area contributed by atoms with Gasteiger partial charge in [-0.2, -0.15) is 0 Å². The number of primary amides is 1. The summed E-state index contributed by atoms with van der Waals surface area (Å²) in [6.45, 7) is 0. The summed E-state index contributed by atoms with van der Waals surface area (Å²) in [6, 6.07) is 2.57. The third-order valence-electron chi connectivity index (χ3n) is 3.10. The molecule has 1 aromatic carbocycles. The highest BCUT2D eigenvalue weighted by atomic mass is 16.3. The van der Waals surface area contributed by atoms with Crippen LogP contribution >= 0.6 is 0 Å². The SMILES string of the molecule is NC(=O)C(CCC=O)N1C(=O)c2ccc(O)cc2C1=O. The van der Waals surface area contributed by atoms with Gasteiger partial charge in [-0.25, -0.2) is 0 Å². The standard InChI is InChI=1S/C13H12N2O5/c14-11(18)10(2-1-5-16)15-12(19)8-4-3-7(17)6-9(8)13(15)20/h3-6,10,17H,1-2H2,(H2,14,18). The number of hydrogen-bond donors (Lipinski definition) is 2. The molecule has 1 unspecified atom stereocenters. The number of hydrogen-bond acceptors (Lipinski definition) is 5. The number of carbonyl (C=O) groups is 4. The Balaban J connectivity index is 2.39. The van der Waals surface area contributed by atoms with E-state index in [0.717, 1.165) is 11.0 Å². The van der Waals surface area contributed by atoms with Crippen LogP contribution in [0.15, 0.2) is 18.2 Å². The average Bonchev–Trinajstić information content (AvgIpc) is 2.63. The van der Waals surface area contributed by atoms with Crippen molar-refractivity contribution in [2.45, 2.75) is 18.9 Å². The zero-order valence-electron chi connectivity index (χ0n) is 10.4. The quantitative estimate of drug-likeness (QED) is 0.571. The number of fused-ring (bicyclic) bond motifs is 1. The lowest BCUT2D eigenvalue weighted by atomic mass is 10.1. The number of nitrogens with zero attached hydrogens (tertiary/aromatic N) is 1. The van der Waals surface area contributed by atoms with Crippen molar-refractivity contribution in [1.82, 2.24) is 4.90 Å². The van der Waals surface area contributed by atoms with Gasteiger partial charge in [0.1, 0.15) is 18.1 Å². The first kappa shape index (κ1) is 13.7. The maximum absolute atomic E-state index is 12.2. The number of aromatic hydroxyl groups is 1. The molecular weight excluding hydrogens is 264 g/mol. The molecule has 0 saturated heterocycles. The van der Waals surface area contributed by atoms with E-state index in [2.05, 4.69) is 0 Å². The van der Waals surface area contributed by atoms with Crippen LogP contribution in [0.25, 0.3) is 0 Å². The molecule has 3 amide bonds.